The van der Waals surface area contributed by atoms with E-state index in [1.165, 1.54) is 6.20 Å². The Kier molecular flexibility index (Phi) is 2.18. The maximum Gasteiger partial charge on any atom is 0.193 e. The fourth-order valence-electron chi connectivity index (χ4n) is 1.41. The quantitative estimate of drug-likeness (QED) is 0.691. The number of rotatable bonds is 1. The van der Waals surface area contributed by atoms with Gasteiger partial charge in [0.2, 0.25) is 0 Å². The highest BCUT2D eigenvalue weighted by atomic mass is 15.3. The molecule has 15 heavy (non-hydrogen) atoms. The van der Waals surface area contributed by atoms with E-state index in [9.17, 15) is 0 Å². The van der Waals surface area contributed by atoms with Crippen LogP contribution in [0.4, 0.5) is 0 Å². The Hall–Kier alpha value is -2.22. The summed E-state index contributed by atoms with van der Waals surface area (Å²) in [6.07, 6.45) is 1.49. The van der Waals surface area contributed by atoms with Gasteiger partial charge in [-0.15, -0.1) is 5.10 Å². The van der Waals surface area contributed by atoms with Crippen LogP contribution < -0.4 is 0 Å². The Morgan fingerprint density at radius 2 is 2.20 bits per heavy atom. The Morgan fingerprint density at radius 3 is 2.80 bits per heavy atom. The third-order valence-corrected chi connectivity index (χ3v) is 2.03. The first-order valence-corrected chi connectivity index (χ1v) is 4.48. The van der Waals surface area contributed by atoms with Gasteiger partial charge in [0, 0.05) is 5.69 Å². The van der Waals surface area contributed by atoms with Crippen molar-refractivity contribution >= 4 is 0 Å². The van der Waals surface area contributed by atoms with Gasteiger partial charge in [-0.05, 0) is 26.0 Å². The van der Waals surface area contributed by atoms with E-state index in [2.05, 4.69) is 21.4 Å². The lowest BCUT2D eigenvalue weighted by Crippen LogP contribution is -2.05. The van der Waals surface area contributed by atoms with Gasteiger partial charge in [0.15, 0.2) is 5.82 Å². The molecule has 5 heteroatoms. The van der Waals surface area contributed by atoms with Gasteiger partial charge in [-0.1, -0.05) is 0 Å². The predicted molar refractivity (Wildman–Crippen MR) is 53.3 cm³/mol. The lowest BCUT2D eigenvalue weighted by molar-refractivity contribution is 0.778. The summed E-state index contributed by atoms with van der Waals surface area (Å²) < 4.78 is 1.63. The maximum absolute atomic E-state index is 8.92. The predicted octanol–water partition coefficient (Wildman–Crippen LogP) is 1.15. The van der Waals surface area contributed by atoms with Gasteiger partial charge in [0.05, 0.1) is 11.9 Å². The SMILES string of the molecule is Cc1cc(C)n(-c2nnccc2C#N)n1. The number of nitriles is 1. The van der Waals surface area contributed by atoms with Gasteiger partial charge < -0.3 is 0 Å². The van der Waals surface area contributed by atoms with E-state index in [0.717, 1.165) is 11.4 Å². The second-order valence-electron chi connectivity index (χ2n) is 3.22. The zero-order chi connectivity index (χ0) is 10.8. The van der Waals surface area contributed by atoms with Crippen LogP contribution in [0.1, 0.15) is 17.0 Å². The number of aryl methyl sites for hydroxylation is 2. The molecule has 0 atom stereocenters. The third-order valence-electron chi connectivity index (χ3n) is 2.03. The highest BCUT2D eigenvalue weighted by molar-refractivity contribution is 5.42. The van der Waals surface area contributed by atoms with Gasteiger partial charge >= 0.3 is 0 Å². The van der Waals surface area contributed by atoms with E-state index in [1.54, 1.807) is 10.7 Å². The first kappa shape index (κ1) is 9.34. The molecule has 2 aromatic heterocycles. The summed E-state index contributed by atoms with van der Waals surface area (Å²) >= 11 is 0. The minimum absolute atomic E-state index is 0.469. The average molecular weight is 199 g/mol. The number of hydrogen-bond acceptors (Lipinski definition) is 4. The van der Waals surface area contributed by atoms with Crippen LogP contribution in [0.25, 0.3) is 5.82 Å². The van der Waals surface area contributed by atoms with Crippen molar-refractivity contribution in [3.05, 3.63) is 35.3 Å². The molecular formula is C10H9N5. The summed E-state index contributed by atoms with van der Waals surface area (Å²) in [5.41, 5.74) is 2.29. The van der Waals surface area contributed by atoms with Crippen LogP contribution in [0.3, 0.4) is 0 Å². The van der Waals surface area contributed by atoms with Crippen LogP contribution in [0, 0.1) is 25.2 Å². The smallest absolute Gasteiger partial charge is 0.193 e. The summed E-state index contributed by atoms with van der Waals surface area (Å²) in [4.78, 5) is 0. The van der Waals surface area contributed by atoms with Crippen LogP contribution in [0.15, 0.2) is 18.3 Å². The Balaban J connectivity index is 2.64. The van der Waals surface area contributed by atoms with E-state index in [-0.39, 0.29) is 0 Å². The zero-order valence-corrected chi connectivity index (χ0v) is 8.47. The van der Waals surface area contributed by atoms with Crippen molar-refractivity contribution < 1.29 is 0 Å². The number of aromatic nitrogens is 4. The molecule has 0 aromatic carbocycles. The Bertz CT molecular complexity index is 535. The molecule has 0 saturated carbocycles. The second-order valence-corrected chi connectivity index (χ2v) is 3.22. The second kappa shape index (κ2) is 3.50. The Labute approximate surface area is 87.0 Å². The van der Waals surface area contributed by atoms with E-state index in [1.807, 2.05) is 19.9 Å². The molecule has 0 saturated heterocycles. The van der Waals surface area contributed by atoms with Crippen molar-refractivity contribution in [2.45, 2.75) is 13.8 Å². The molecule has 2 heterocycles. The summed E-state index contributed by atoms with van der Waals surface area (Å²) in [5, 5.41) is 20.9. The minimum atomic E-state index is 0.469. The topological polar surface area (TPSA) is 67.4 Å². The lowest BCUT2D eigenvalue weighted by Gasteiger charge is -2.02. The van der Waals surface area contributed by atoms with E-state index < -0.39 is 0 Å². The fourth-order valence-corrected chi connectivity index (χ4v) is 1.41. The highest BCUT2D eigenvalue weighted by Gasteiger charge is 2.09. The van der Waals surface area contributed by atoms with Gasteiger partial charge in [0.25, 0.3) is 0 Å². The highest BCUT2D eigenvalue weighted by Crippen LogP contribution is 2.12. The van der Waals surface area contributed by atoms with Crippen molar-refractivity contribution in [1.29, 1.82) is 5.26 Å². The molecule has 0 N–H and O–H groups in total. The molecule has 0 bridgehead atoms. The molecule has 5 nitrogen and oxygen atoms in total. The summed E-state index contributed by atoms with van der Waals surface area (Å²) in [7, 11) is 0. The van der Waals surface area contributed by atoms with Crippen molar-refractivity contribution in [3.8, 4) is 11.9 Å². The van der Waals surface area contributed by atoms with E-state index >= 15 is 0 Å². The molecule has 0 amide bonds. The first-order valence-electron chi connectivity index (χ1n) is 4.48. The van der Waals surface area contributed by atoms with Gasteiger partial charge in [-0.3, -0.25) is 0 Å². The minimum Gasteiger partial charge on any atom is -0.217 e. The zero-order valence-electron chi connectivity index (χ0n) is 8.47. The van der Waals surface area contributed by atoms with Crippen molar-refractivity contribution in [2.75, 3.05) is 0 Å². The monoisotopic (exact) mass is 199 g/mol. The normalized spacial score (nSPS) is 9.93. The molecule has 2 rings (SSSR count). The first-order chi connectivity index (χ1) is 7.22. The molecule has 0 spiro atoms. The average Bonchev–Trinajstić information content (AvgIpc) is 2.57. The van der Waals surface area contributed by atoms with Crippen molar-refractivity contribution in [2.24, 2.45) is 0 Å². The molecule has 0 aliphatic carbocycles. The summed E-state index contributed by atoms with van der Waals surface area (Å²) in [6.45, 7) is 3.81. The maximum atomic E-state index is 8.92. The molecule has 0 fully saturated rings. The standard InChI is InChI=1S/C10H9N5/c1-7-5-8(2)15(14-7)10-9(6-11)3-4-12-13-10/h3-5H,1-2H3. The molecule has 0 unspecified atom stereocenters. The number of nitrogens with zero attached hydrogens (tertiary/aromatic N) is 5. The van der Waals surface area contributed by atoms with Crippen LogP contribution in [-0.2, 0) is 0 Å². The lowest BCUT2D eigenvalue weighted by atomic mass is 10.3. The molecule has 74 valence electrons. The van der Waals surface area contributed by atoms with Crippen LogP contribution in [0.5, 0.6) is 0 Å². The van der Waals surface area contributed by atoms with E-state index in [4.69, 9.17) is 5.26 Å². The molecule has 2 aromatic rings. The summed E-state index contributed by atoms with van der Waals surface area (Å²) in [6, 6.07) is 5.62. The van der Waals surface area contributed by atoms with Gasteiger partial charge in [-0.25, -0.2) is 4.68 Å². The van der Waals surface area contributed by atoms with Crippen LogP contribution >= 0.6 is 0 Å². The number of hydrogen-bond donors (Lipinski definition) is 0. The molecule has 0 radical (unpaired) electrons. The van der Waals surface area contributed by atoms with Crippen LogP contribution in [-0.4, -0.2) is 20.0 Å². The van der Waals surface area contributed by atoms with Gasteiger partial charge in [0.1, 0.15) is 11.6 Å². The molecule has 0 aliphatic heterocycles. The van der Waals surface area contributed by atoms with E-state index in [0.29, 0.717) is 11.4 Å². The largest absolute Gasteiger partial charge is 0.217 e. The third kappa shape index (κ3) is 1.57. The van der Waals surface area contributed by atoms with Gasteiger partial charge in [-0.2, -0.15) is 15.5 Å². The summed E-state index contributed by atoms with van der Waals surface area (Å²) in [5.74, 6) is 0.477. The molecular weight excluding hydrogens is 190 g/mol. The van der Waals surface area contributed by atoms with Crippen molar-refractivity contribution in [1.82, 2.24) is 20.0 Å². The Morgan fingerprint density at radius 1 is 1.40 bits per heavy atom. The fraction of sp³-hybridized carbons (Fsp3) is 0.200. The molecule has 0 aliphatic rings. The van der Waals surface area contributed by atoms with Crippen LogP contribution in [0.2, 0.25) is 0 Å². The van der Waals surface area contributed by atoms with Crippen molar-refractivity contribution in [3.63, 3.8) is 0 Å².